The summed E-state index contributed by atoms with van der Waals surface area (Å²) in [4.78, 5) is 12.9. The fourth-order valence-electron chi connectivity index (χ4n) is 3.11. The highest BCUT2D eigenvalue weighted by atomic mass is 32.2. The smallest absolute Gasteiger partial charge is 0.261 e. The van der Waals surface area contributed by atoms with E-state index < -0.39 is 16.1 Å². The van der Waals surface area contributed by atoms with E-state index in [1.165, 1.54) is 11.4 Å². The fraction of sp³-hybridized carbons (Fsp3) is 0.435. The summed E-state index contributed by atoms with van der Waals surface area (Å²) in [6.45, 7) is 6.16. The van der Waals surface area contributed by atoms with Crippen molar-refractivity contribution in [3.63, 3.8) is 0 Å². The molecule has 0 saturated carbocycles. The maximum absolute atomic E-state index is 12.9. The van der Waals surface area contributed by atoms with Gasteiger partial charge in [-0.3, -0.25) is 9.10 Å². The van der Waals surface area contributed by atoms with Crippen molar-refractivity contribution in [3.05, 3.63) is 60.2 Å². The van der Waals surface area contributed by atoms with E-state index in [2.05, 4.69) is 19.2 Å². The Kier molecular flexibility index (Phi) is 8.29. The van der Waals surface area contributed by atoms with Gasteiger partial charge in [0, 0.05) is 7.05 Å². The van der Waals surface area contributed by atoms with Crippen LogP contribution in [-0.2, 0) is 14.8 Å². The lowest BCUT2D eigenvalue weighted by molar-refractivity contribution is -0.129. The summed E-state index contributed by atoms with van der Waals surface area (Å²) in [5, 5.41) is 3.13. The summed E-state index contributed by atoms with van der Waals surface area (Å²) in [5.74, 6) is 0.781. The normalized spacial score (nSPS) is 13.5. The molecule has 2 rings (SSSR count). The van der Waals surface area contributed by atoms with E-state index >= 15 is 0 Å². The highest BCUT2D eigenvalue weighted by molar-refractivity contribution is 7.92. The third-order valence-corrected chi connectivity index (χ3v) is 6.07. The Morgan fingerprint density at radius 3 is 2.17 bits per heavy atom. The Balaban J connectivity index is 2.10. The standard InChI is InChI=1S/C23H32N2O4S/c1-6-22(29-20-14-12-19(13-15-20)25(4)30(5,27)28)23(26)24-21(16-17(2)3)18-10-8-7-9-11-18/h7-15,17,21-22H,6,16H2,1-5H3,(H,24,26)/t21-,22+/m1/s1. The van der Waals surface area contributed by atoms with Gasteiger partial charge in [-0.1, -0.05) is 51.1 Å². The number of hydrogen-bond acceptors (Lipinski definition) is 4. The van der Waals surface area contributed by atoms with E-state index in [0.717, 1.165) is 18.2 Å². The molecule has 164 valence electrons. The number of ether oxygens (including phenoxy) is 1. The predicted molar refractivity (Wildman–Crippen MR) is 121 cm³/mol. The van der Waals surface area contributed by atoms with Gasteiger partial charge in [0.05, 0.1) is 18.0 Å². The number of anilines is 1. The van der Waals surface area contributed by atoms with Crippen LogP contribution in [0.3, 0.4) is 0 Å². The van der Waals surface area contributed by atoms with Gasteiger partial charge in [0.1, 0.15) is 5.75 Å². The van der Waals surface area contributed by atoms with Crippen molar-refractivity contribution in [2.24, 2.45) is 5.92 Å². The first-order valence-corrected chi connectivity index (χ1v) is 12.0. The summed E-state index contributed by atoms with van der Waals surface area (Å²) in [6.07, 6.45) is 1.86. The van der Waals surface area contributed by atoms with Crippen molar-refractivity contribution < 1.29 is 17.9 Å². The van der Waals surface area contributed by atoms with Gasteiger partial charge >= 0.3 is 0 Å². The predicted octanol–water partition coefficient (Wildman–Crippen LogP) is 4.14. The number of carbonyl (C=O) groups is 1. The van der Waals surface area contributed by atoms with E-state index in [4.69, 9.17) is 4.74 Å². The number of hydrogen-bond donors (Lipinski definition) is 1. The summed E-state index contributed by atoms with van der Waals surface area (Å²) < 4.78 is 30.4. The third kappa shape index (κ3) is 6.76. The Morgan fingerprint density at radius 1 is 1.07 bits per heavy atom. The molecule has 2 aromatic carbocycles. The van der Waals surface area contributed by atoms with Gasteiger partial charge in [-0.25, -0.2) is 8.42 Å². The number of sulfonamides is 1. The second-order valence-corrected chi connectivity index (χ2v) is 9.85. The Hall–Kier alpha value is -2.54. The molecule has 0 saturated heterocycles. The van der Waals surface area contributed by atoms with E-state index in [-0.39, 0.29) is 11.9 Å². The second-order valence-electron chi connectivity index (χ2n) is 7.84. The molecule has 0 fully saturated rings. The molecule has 1 amide bonds. The molecule has 0 aliphatic heterocycles. The molecule has 0 heterocycles. The van der Waals surface area contributed by atoms with Crippen molar-refractivity contribution in [1.82, 2.24) is 5.32 Å². The maximum atomic E-state index is 12.9. The first-order chi connectivity index (χ1) is 14.1. The summed E-state index contributed by atoms with van der Waals surface area (Å²) in [6, 6.07) is 16.5. The molecule has 2 atom stereocenters. The summed E-state index contributed by atoms with van der Waals surface area (Å²) in [7, 11) is -1.84. The fourth-order valence-corrected chi connectivity index (χ4v) is 3.62. The molecule has 0 aromatic heterocycles. The highest BCUT2D eigenvalue weighted by Crippen LogP contribution is 2.24. The van der Waals surface area contributed by atoms with Gasteiger partial charge in [0.25, 0.3) is 5.91 Å². The Labute approximate surface area is 180 Å². The Morgan fingerprint density at radius 2 is 1.67 bits per heavy atom. The molecular weight excluding hydrogens is 400 g/mol. The molecule has 2 aromatic rings. The number of nitrogens with one attached hydrogen (secondary N) is 1. The molecule has 0 spiro atoms. The van der Waals surface area contributed by atoms with Crippen LogP contribution in [0.2, 0.25) is 0 Å². The minimum absolute atomic E-state index is 0.0814. The number of rotatable bonds is 10. The summed E-state index contributed by atoms with van der Waals surface area (Å²) >= 11 is 0. The quantitative estimate of drug-likeness (QED) is 0.612. The zero-order valence-corrected chi connectivity index (χ0v) is 19.1. The van der Waals surface area contributed by atoms with Crippen LogP contribution in [0.25, 0.3) is 0 Å². The number of nitrogens with zero attached hydrogens (tertiary/aromatic N) is 1. The molecule has 30 heavy (non-hydrogen) atoms. The van der Waals surface area contributed by atoms with E-state index in [9.17, 15) is 13.2 Å². The Bertz CT molecular complexity index is 912. The molecular formula is C23H32N2O4S. The lowest BCUT2D eigenvalue weighted by Crippen LogP contribution is -2.40. The van der Waals surface area contributed by atoms with Gasteiger partial charge in [-0.15, -0.1) is 0 Å². The molecule has 1 N–H and O–H groups in total. The SMILES string of the molecule is CC[C@H](Oc1ccc(N(C)S(C)(=O)=O)cc1)C(=O)N[C@H](CC(C)C)c1ccccc1. The van der Waals surface area contributed by atoms with Crippen LogP contribution in [0.15, 0.2) is 54.6 Å². The first kappa shape index (κ1) is 23.7. The van der Waals surface area contributed by atoms with Gasteiger partial charge in [-0.05, 0) is 48.6 Å². The van der Waals surface area contributed by atoms with Crippen LogP contribution in [0.4, 0.5) is 5.69 Å². The minimum Gasteiger partial charge on any atom is -0.481 e. The lowest BCUT2D eigenvalue weighted by Gasteiger charge is -2.25. The molecule has 6 nitrogen and oxygen atoms in total. The monoisotopic (exact) mass is 432 g/mol. The molecule has 0 bridgehead atoms. The topological polar surface area (TPSA) is 75.7 Å². The van der Waals surface area contributed by atoms with Gasteiger partial charge < -0.3 is 10.1 Å². The molecule has 0 aliphatic rings. The van der Waals surface area contributed by atoms with Crippen LogP contribution >= 0.6 is 0 Å². The molecule has 7 heteroatoms. The summed E-state index contributed by atoms with van der Waals surface area (Å²) in [5.41, 5.74) is 1.60. The largest absolute Gasteiger partial charge is 0.481 e. The van der Waals surface area contributed by atoms with Crippen LogP contribution in [0, 0.1) is 5.92 Å². The van der Waals surface area contributed by atoms with Crippen molar-refractivity contribution in [1.29, 1.82) is 0 Å². The first-order valence-electron chi connectivity index (χ1n) is 10.2. The third-order valence-electron chi connectivity index (χ3n) is 4.86. The van der Waals surface area contributed by atoms with Gasteiger partial charge in [-0.2, -0.15) is 0 Å². The highest BCUT2D eigenvalue weighted by Gasteiger charge is 2.23. The van der Waals surface area contributed by atoms with E-state index in [1.807, 2.05) is 37.3 Å². The second kappa shape index (κ2) is 10.5. The van der Waals surface area contributed by atoms with Crippen molar-refractivity contribution in [2.45, 2.75) is 45.8 Å². The van der Waals surface area contributed by atoms with Crippen LogP contribution < -0.4 is 14.4 Å². The number of benzene rings is 2. The molecule has 0 unspecified atom stereocenters. The molecule has 0 aliphatic carbocycles. The maximum Gasteiger partial charge on any atom is 0.261 e. The van der Waals surface area contributed by atoms with Crippen molar-refractivity contribution >= 4 is 21.6 Å². The molecule has 0 radical (unpaired) electrons. The average Bonchev–Trinajstić information content (AvgIpc) is 2.71. The average molecular weight is 433 g/mol. The van der Waals surface area contributed by atoms with Crippen LogP contribution in [-0.4, -0.2) is 33.7 Å². The van der Waals surface area contributed by atoms with Crippen LogP contribution in [0.5, 0.6) is 5.75 Å². The van der Waals surface area contributed by atoms with E-state index in [0.29, 0.717) is 23.8 Å². The lowest BCUT2D eigenvalue weighted by atomic mass is 9.96. The minimum atomic E-state index is -3.33. The van der Waals surface area contributed by atoms with E-state index in [1.54, 1.807) is 24.3 Å². The van der Waals surface area contributed by atoms with Gasteiger partial charge in [0.15, 0.2) is 6.10 Å². The number of carbonyl (C=O) groups excluding carboxylic acids is 1. The zero-order valence-electron chi connectivity index (χ0n) is 18.3. The van der Waals surface area contributed by atoms with Crippen molar-refractivity contribution in [3.8, 4) is 5.75 Å². The van der Waals surface area contributed by atoms with Crippen molar-refractivity contribution in [2.75, 3.05) is 17.6 Å². The van der Waals surface area contributed by atoms with Crippen LogP contribution in [0.1, 0.15) is 45.2 Å². The number of amides is 1. The zero-order chi connectivity index (χ0) is 22.3. The van der Waals surface area contributed by atoms with Gasteiger partial charge in [0.2, 0.25) is 10.0 Å².